The molecule has 3 aromatic carbocycles. The Kier molecular flexibility index (Phi) is 10.2. The van der Waals surface area contributed by atoms with Crippen LogP contribution in [-0.4, -0.2) is 77.9 Å². The molecule has 0 saturated carbocycles. The number of nitrogens with one attached hydrogen (secondary N) is 1. The van der Waals surface area contributed by atoms with Crippen molar-refractivity contribution in [2.45, 2.75) is 61.8 Å². The van der Waals surface area contributed by atoms with Crippen LogP contribution in [0.25, 0.3) is 0 Å². The molecule has 4 aromatic rings. The van der Waals surface area contributed by atoms with Crippen molar-refractivity contribution in [2.24, 2.45) is 5.92 Å². The summed E-state index contributed by atoms with van der Waals surface area (Å²) < 4.78 is 20.0. The van der Waals surface area contributed by atoms with E-state index in [0.717, 1.165) is 21.3 Å². The zero-order valence-corrected chi connectivity index (χ0v) is 28.4. The standard InChI is InChI=1S/C36H44N2O8Si/c1-24(23-47(4,5)29-21-38(34(43)37-32(29)42)33-31(41)30(40)28(22-39)46-33)36(44-2,45-3)35(25-15-9-6-10-16-25,26-17-11-7-12-18-26)27-19-13-8-14-20-27/h6-21,24,28,30-31,33,39-41H,22-23H2,1-5H3,(H,37,42,43)/t24?,28-,30?,31?,33-/m0/s1. The number of aliphatic hydroxyl groups is 3. The van der Waals surface area contributed by atoms with E-state index in [9.17, 15) is 24.9 Å². The number of H-pyrrole nitrogens is 1. The Hall–Kier alpha value is -3.68. The van der Waals surface area contributed by atoms with Crippen LogP contribution < -0.4 is 16.4 Å². The molecule has 2 heterocycles. The van der Waals surface area contributed by atoms with E-state index in [2.05, 4.69) is 48.3 Å². The van der Waals surface area contributed by atoms with E-state index in [0.29, 0.717) is 11.2 Å². The van der Waals surface area contributed by atoms with Gasteiger partial charge in [-0.05, 0) is 22.7 Å². The Morgan fingerprint density at radius 2 is 1.32 bits per heavy atom. The molecule has 0 amide bonds. The third-order valence-corrected chi connectivity index (χ3v) is 13.2. The van der Waals surface area contributed by atoms with Crippen molar-refractivity contribution in [3.05, 3.63) is 135 Å². The van der Waals surface area contributed by atoms with Crippen LogP contribution in [0.3, 0.4) is 0 Å². The molecule has 250 valence electrons. The van der Waals surface area contributed by atoms with Gasteiger partial charge in [0, 0.05) is 31.5 Å². The van der Waals surface area contributed by atoms with Crippen LogP contribution in [0, 0.1) is 5.92 Å². The minimum atomic E-state index is -2.79. The molecule has 1 fully saturated rings. The lowest BCUT2D eigenvalue weighted by molar-refractivity contribution is -0.260. The van der Waals surface area contributed by atoms with E-state index in [1.54, 1.807) is 14.2 Å². The largest absolute Gasteiger partial charge is 0.394 e. The molecule has 1 saturated heterocycles. The van der Waals surface area contributed by atoms with Crippen molar-refractivity contribution in [1.29, 1.82) is 0 Å². The number of aromatic amines is 1. The van der Waals surface area contributed by atoms with Crippen molar-refractivity contribution in [2.75, 3.05) is 20.8 Å². The molecule has 1 aliphatic rings. The lowest BCUT2D eigenvalue weighted by atomic mass is 9.61. The first kappa shape index (κ1) is 34.6. The smallest absolute Gasteiger partial charge is 0.330 e. The molecule has 0 radical (unpaired) electrons. The van der Waals surface area contributed by atoms with E-state index in [4.69, 9.17) is 14.2 Å². The highest BCUT2D eigenvalue weighted by Crippen LogP contribution is 2.53. The van der Waals surface area contributed by atoms with E-state index in [1.807, 2.05) is 67.7 Å². The van der Waals surface area contributed by atoms with Gasteiger partial charge < -0.3 is 29.5 Å². The van der Waals surface area contributed by atoms with Crippen LogP contribution in [0.4, 0.5) is 0 Å². The van der Waals surface area contributed by atoms with E-state index in [-0.39, 0.29) is 5.92 Å². The molecule has 5 rings (SSSR count). The Morgan fingerprint density at radius 3 is 1.72 bits per heavy atom. The maximum Gasteiger partial charge on any atom is 0.330 e. The second kappa shape index (κ2) is 13.8. The molecule has 0 bridgehead atoms. The zero-order valence-electron chi connectivity index (χ0n) is 27.4. The molecule has 3 unspecified atom stereocenters. The van der Waals surface area contributed by atoms with Gasteiger partial charge in [-0.1, -0.05) is 111 Å². The normalized spacial score (nSPS) is 21.1. The van der Waals surface area contributed by atoms with Gasteiger partial charge in [-0.2, -0.15) is 0 Å². The Balaban J connectivity index is 1.67. The van der Waals surface area contributed by atoms with Gasteiger partial charge in [0.1, 0.15) is 18.3 Å². The number of aliphatic hydroxyl groups excluding tert-OH is 3. The van der Waals surface area contributed by atoms with E-state index in [1.165, 1.54) is 6.20 Å². The summed E-state index contributed by atoms with van der Waals surface area (Å²) in [5.74, 6) is -1.64. The third kappa shape index (κ3) is 5.86. The number of benzene rings is 3. The summed E-state index contributed by atoms with van der Waals surface area (Å²) in [6.07, 6.45) is -3.81. The Bertz CT molecular complexity index is 1650. The van der Waals surface area contributed by atoms with Gasteiger partial charge in [0.05, 0.1) is 20.1 Å². The molecule has 11 heteroatoms. The monoisotopic (exact) mass is 660 g/mol. The second-order valence-corrected chi connectivity index (χ2v) is 17.6. The zero-order chi connectivity index (χ0) is 34.0. The van der Waals surface area contributed by atoms with Crippen LogP contribution in [0.2, 0.25) is 19.1 Å². The summed E-state index contributed by atoms with van der Waals surface area (Å²) >= 11 is 0. The minimum absolute atomic E-state index is 0.339. The first-order chi connectivity index (χ1) is 22.5. The SMILES string of the molecule is COC(OC)(C(C)C[Si](C)(C)c1cn([C@H]2O[C@@H](CO)C(O)C2O)c(=O)[nH]c1=O)C(c1ccccc1)(c1ccccc1)c1ccccc1. The summed E-state index contributed by atoms with van der Waals surface area (Å²) in [7, 11) is 0.498. The van der Waals surface area contributed by atoms with Crippen LogP contribution in [0.15, 0.2) is 107 Å². The number of methoxy groups -OCH3 is 2. The fourth-order valence-electron chi connectivity index (χ4n) is 7.61. The first-order valence-corrected chi connectivity index (χ1v) is 18.9. The van der Waals surface area contributed by atoms with Crippen molar-refractivity contribution in [3.63, 3.8) is 0 Å². The highest BCUT2D eigenvalue weighted by molar-refractivity contribution is 6.89. The van der Waals surface area contributed by atoms with Gasteiger partial charge in [-0.15, -0.1) is 0 Å². The van der Waals surface area contributed by atoms with Gasteiger partial charge in [0.2, 0.25) is 0 Å². The number of aromatic nitrogens is 2. The molecule has 1 aromatic heterocycles. The van der Waals surface area contributed by atoms with Gasteiger partial charge in [-0.3, -0.25) is 14.3 Å². The van der Waals surface area contributed by atoms with Crippen molar-refractivity contribution in [1.82, 2.24) is 9.55 Å². The van der Waals surface area contributed by atoms with E-state index < -0.39 is 61.7 Å². The predicted octanol–water partition coefficient (Wildman–Crippen LogP) is 2.72. The molecule has 4 N–H and O–H groups in total. The van der Waals surface area contributed by atoms with E-state index >= 15 is 0 Å². The van der Waals surface area contributed by atoms with Crippen molar-refractivity contribution in [3.8, 4) is 0 Å². The number of nitrogens with zero attached hydrogens (tertiary/aromatic N) is 1. The minimum Gasteiger partial charge on any atom is -0.394 e. The number of hydrogen-bond acceptors (Lipinski definition) is 8. The quantitative estimate of drug-likeness (QED) is 0.103. The van der Waals surface area contributed by atoms with Crippen LogP contribution in [0.1, 0.15) is 29.8 Å². The third-order valence-electron chi connectivity index (χ3n) is 9.70. The number of hydrogen-bond donors (Lipinski definition) is 4. The maximum absolute atomic E-state index is 13.5. The lowest BCUT2D eigenvalue weighted by Crippen LogP contribution is -2.62. The number of ether oxygens (including phenoxy) is 3. The average Bonchev–Trinajstić information content (AvgIpc) is 3.37. The predicted molar refractivity (Wildman–Crippen MR) is 181 cm³/mol. The highest BCUT2D eigenvalue weighted by atomic mass is 28.3. The van der Waals surface area contributed by atoms with Crippen LogP contribution in [-0.2, 0) is 19.6 Å². The summed E-state index contributed by atoms with van der Waals surface area (Å²) in [6.45, 7) is 5.58. The molecule has 0 aliphatic carbocycles. The molecule has 5 atom stereocenters. The van der Waals surface area contributed by atoms with Crippen LogP contribution in [0.5, 0.6) is 0 Å². The molecular weight excluding hydrogens is 616 g/mol. The lowest BCUT2D eigenvalue weighted by Gasteiger charge is -2.53. The Labute approximate surface area is 275 Å². The van der Waals surface area contributed by atoms with Gasteiger partial charge in [0.25, 0.3) is 5.56 Å². The van der Waals surface area contributed by atoms with Gasteiger partial charge in [0.15, 0.2) is 12.0 Å². The number of rotatable bonds is 12. The summed E-state index contributed by atoms with van der Waals surface area (Å²) in [6, 6.07) is 30.8. The second-order valence-electron chi connectivity index (χ2n) is 12.9. The molecule has 1 aliphatic heterocycles. The maximum atomic E-state index is 13.5. The van der Waals surface area contributed by atoms with Crippen LogP contribution >= 0.6 is 0 Å². The molecule has 10 nitrogen and oxygen atoms in total. The first-order valence-electron chi connectivity index (χ1n) is 15.7. The fraction of sp³-hybridized carbons (Fsp3) is 0.389. The fourth-order valence-corrected chi connectivity index (χ4v) is 10.8. The average molecular weight is 661 g/mol. The summed E-state index contributed by atoms with van der Waals surface area (Å²) in [4.78, 5) is 28.8. The van der Waals surface area contributed by atoms with Crippen molar-refractivity contribution < 1.29 is 29.5 Å². The topological polar surface area (TPSA) is 143 Å². The van der Waals surface area contributed by atoms with Gasteiger partial charge in [-0.25, -0.2) is 4.79 Å². The molecule has 0 spiro atoms. The van der Waals surface area contributed by atoms with Crippen molar-refractivity contribution >= 4 is 13.3 Å². The summed E-state index contributed by atoms with van der Waals surface area (Å²) in [5, 5.41) is 31.0. The molecule has 47 heavy (non-hydrogen) atoms. The highest BCUT2D eigenvalue weighted by Gasteiger charge is 2.60. The Morgan fingerprint density at radius 1 is 0.851 bits per heavy atom. The van der Waals surface area contributed by atoms with Gasteiger partial charge >= 0.3 is 5.69 Å². The summed E-state index contributed by atoms with van der Waals surface area (Å²) in [5.41, 5.74) is 0.607. The molecular formula is C36H44N2O8Si.